The van der Waals surface area contributed by atoms with Crippen LogP contribution in [-0.4, -0.2) is 92.6 Å². The Bertz CT molecular complexity index is 451. The molecule has 0 aliphatic carbocycles. The zero-order valence-electron chi connectivity index (χ0n) is 14.9. The van der Waals surface area contributed by atoms with Gasteiger partial charge in [0.15, 0.2) is 5.78 Å². The maximum Gasteiger partial charge on any atom is 0.242 e. The van der Waals surface area contributed by atoms with Crippen LogP contribution in [0.1, 0.15) is 13.8 Å². The highest BCUT2D eigenvalue weighted by Crippen LogP contribution is 1.98. The Morgan fingerprint density at radius 3 is 1.57 bits per heavy atom. The molecule has 0 aromatic carbocycles. The highest BCUT2D eigenvalue weighted by Gasteiger charge is 2.20. The van der Waals surface area contributed by atoms with E-state index in [-0.39, 0.29) is 55.6 Å². The maximum absolute atomic E-state index is 12.0. The summed E-state index contributed by atoms with van der Waals surface area (Å²) in [4.78, 5) is 51.1. The number of rotatable bonds is 9. The summed E-state index contributed by atoms with van der Waals surface area (Å²) in [5.74, 6) is -1.04. The average molecular weight is 328 g/mol. The normalized spacial score (nSPS) is 10.4. The molecular weight excluding hydrogens is 300 g/mol. The summed E-state index contributed by atoms with van der Waals surface area (Å²) in [7, 11) is 6.20. The summed E-state index contributed by atoms with van der Waals surface area (Å²) in [6.45, 7) is 3.49. The minimum Gasteiger partial charge on any atom is -0.337 e. The lowest BCUT2D eigenvalue weighted by Gasteiger charge is -2.24. The molecule has 0 saturated carbocycles. The molecule has 8 heteroatoms. The first-order valence-electron chi connectivity index (χ1n) is 7.49. The monoisotopic (exact) mass is 328 g/mol. The Labute approximate surface area is 137 Å². The van der Waals surface area contributed by atoms with Gasteiger partial charge < -0.3 is 20.0 Å². The highest BCUT2D eigenvalue weighted by atomic mass is 16.2. The van der Waals surface area contributed by atoms with Gasteiger partial charge in [0.05, 0.1) is 26.2 Å². The molecule has 0 spiro atoms. The van der Waals surface area contributed by atoms with Gasteiger partial charge in [-0.1, -0.05) is 13.8 Å². The van der Waals surface area contributed by atoms with Gasteiger partial charge in [0.25, 0.3) is 0 Å². The summed E-state index contributed by atoms with van der Waals surface area (Å²) in [5, 5.41) is 2.72. The number of Topliss-reactive ketones (excluding diaryl/α,β-unsaturated/α-hetero) is 1. The molecule has 0 saturated heterocycles. The van der Waals surface area contributed by atoms with Crippen LogP contribution in [-0.2, 0) is 19.2 Å². The number of nitrogens with zero attached hydrogens (tertiary/aromatic N) is 3. The molecule has 0 fully saturated rings. The van der Waals surface area contributed by atoms with Gasteiger partial charge >= 0.3 is 0 Å². The van der Waals surface area contributed by atoms with Crippen LogP contribution in [0.2, 0.25) is 0 Å². The lowest BCUT2D eigenvalue weighted by molar-refractivity contribution is -0.142. The third-order valence-corrected chi connectivity index (χ3v) is 3.39. The van der Waals surface area contributed by atoms with Crippen molar-refractivity contribution in [3.8, 4) is 0 Å². The smallest absolute Gasteiger partial charge is 0.242 e. The Balaban J connectivity index is 4.42. The number of carbonyl (C=O) groups excluding carboxylic acids is 4. The number of hydrogen-bond acceptors (Lipinski definition) is 5. The van der Waals surface area contributed by atoms with Crippen molar-refractivity contribution in [2.24, 2.45) is 5.92 Å². The standard InChI is InChI=1S/C15H28N4O4/c1-11(2)12(20)8-17(4)14(22)10-19(6)15(23)9-18(5)13(21)7-16-3/h11,16H,7-10H2,1-6H3. The van der Waals surface area contributed by atoms with Gasteiger partial charge in [-0.15, -0.1) is 0 Å². The molecule has 0 aromatic rings. The average Bonchev–Trinajstić information content (AvgIpc) is 2.46. The van der Waals surface area contributed by atoms with Crippen molar-refractivity contribution in [1.29, 1.82) is 0 Å². The lowest BCUT2D eigenvalue weighted by atomic mass is 10.1. The van der Waals surface area contributed by atoms with E-state index in [2.05, 4.69) is 5.32 Å². The summed E-state index contributed by atoms with van der Waals surface area (Å²) in [5.41, 5.74) is 0. The van der Waals surface area contributed by atoms with Crippen LogP contribution in [0.4, 0.5) is 0 Å². The fraction of sp³-hybridized carbons (Fsp3) is 0.733. The van der Waals surface area contributed by atoms with Gasteiger partial charge in [0.2, 0.25) is 17.7 Å². The van der Waals surface area contributed by atoms with E-state index in [1.807, 2.05) is 0 Å². The van der Waals surface area contributed by atoms with E-state index in [1.54, 1.807) is 20.9 Å². The molecule has 0 aliphatic rings. The second-order valence-electron chi connectivity index (χ2n) is 5.90. The van der Waals surface area contributed by atoms with Crippen molar-refractivity contribution < 1.29 is 19.2 Å². The molecule has 132 valence electrons. The molecule has 8 nitrogen and oxygen atoms in total. The zero-order chi connectivity index (χ0) is 18.2. The van der Waals surface area contributed by atoms with Gasteiger partial charge in [-0.2, -0.15) is 0 Å². The quantitative estimate of drug-likeness (QED) is 0.575. The minimum atomic E-state index is -0.339. The van der Waals surface area contributed by atoms with Gasteiger partial charge in [-0.3, -0.25) is 19.2 Å². The van der Waals surface area contributed by atoms with E-state index in [0.29, 0.717) is 0 Å². The van der Waals surface area contributed by atoms with Crippen molar-refractivity contribution in [3.05, 3.63) is 0 Å². The summed E-state index contributed by atoms with van der Waals surface area (Å²) in [6.07, 6.45) is 0. The third kappa shape index (κ3) is 7.73. The van der Waals surface area contributed by atoms with Gasteiger partial charge in [0.1, 0.15) is 0 Å². The summed E-state index contributed by atoms with van der Waals surface area (Å²) in [6, 6.07) is 0. The van der Waals surface area contributed by atoms with Crippen LogP contribution in [0.15, 0.2) is 0 Å². The number of carbonyl (C=O) groups is 4. The molecule has 0 radical (unpaired) electrons. The van der Waals surface area contributed by atoms with Crippen LogP contribution in [0.3, 0.4) is 0 Å². The van der Waals surface area contributed by atoms with Gasteiger partial charge in [-0.05, 0) is 7.05 Å². The number of nitrogens with one attached hydrogen (secondary N) is 1. The van der Waals surface area contributed by atoms with Crippen molar-refractivity contribution >= 4 is 23.5 Å². The molecule has 0 rings (SSSR count). The topological polar surface area (TPSA) is 90.0 Å². The second kappa shape index (κ2) is 9.94. The van der Waals surface area contributed by atoms with E-state index >= 15 is 0 Å². The van der Waals surface area contributed by atoms with Crippen molar-refractivity contribution in [1.82, 2.24) is 20.0 Å². The fourth-order valence-corrected chi connectivity index (χ4v) is 1.61. The number of amides is 3. The largest absolute Gasteiger partial charge is 0.337 e. The van der Waals surface area contributed by atoms with Crippen molar-refractivity contribution in [3.63, 3.8) is 0 Å². The fourth-order valence-electron chi connectivity index (χ4n) is 1.61. The van der Waals surface area contributed by atoms with E-state index in [9.17, 15) is 19.2 Å². The molecule has 0 unspecified atom stereocenters. The molecule has 0 bridgehead atoms. The molecule has 0 aliphatic heterocycles. The van der Waals surface area contributed by atoms with E-state index in [1.165, 1.54) is 35.8 Å². The Morgan fingerprint density at radius 1 is 0.783 bits per heavy atom. The van der Waals surface area contributed by atoms with Crippen LogP contribution < -0.4 is 5.32 Å². The maximum atomic E-state index is 12.0. The molecule has 1 N–H and O–H groups in total. The Morgan fingerprint density at radius 2 is 1.17 bits per heavy atom. The van der Waals surface area contributed by atoms with Crippen LogP contribution in [0, 0.1) is 5.92 Å². The van der Waals surface area contributed by atoms with Crippen LogP contribution in [0.5, 0.6) is 0 Å². The zero-order valence-corrected chi connectivity index (χ0v) is 14.9. The first-order chi connectivity index (χ1) is 10.6. The molecular formula is C15H28N4O4. The number of ketones is 1. The van der Waals surface area contributed by atoms with Gasteiger partial charge in [0, 0.05) is 27.1 Å². The molecule has 0 heterocycles. The third-order valence-electron chi connectivity index (χ3n) is 3.39. The predicted molar refractivity (Wildman–Crippen MR) is 86.7 cm³/mol. The van der Waals surface area contributed by atoms with Crippen LogP contribution in [0.25, 0.3) is 0 Å². The lowest BCUT2D eigenvalue weighted by Crippen LogP contribution is -2.46. The number of hydrogen-bond donors (Lipinski definition) is 1. The summed E-state index contributed by atoms with van der Waals surface area (Å²) >= 11 is 0. The highest BCUT2D eigenvalue weighted by molar-refractivity contribution is 5.90. The Hall–Kier alpha value is -1.96. The SMILES string of the molecule is CNCC(=O)N(C)CC(=O)N(C)CC(=O)N(C)CC(=O)C(C)C. The molecule has 3 amide bonds. The first kappa shape index (κ1) is 21.0. The first-order valence-corrected chi connectivity index (χ1v) is 7.49. The minimum absolute atomic E-state index is 0.0269. The van der Waals surface area contributed by atoms with Crippen molar-refractivity contribution in [2.45, 2.75) is 13.8 Å². The van der Waals surface area contributed by atoms with Crippen LogP contribution >= 0.6 is 0 Å². The molecule has 0 atom stereocenters. The van der Waals surface area contributed by atoms with Gasteiger partial charge in [-0.25, -0.2) is 0 Å². The predicted octanol–water partition coefficient (Wildman–Crippen LogP) is -1.19. The van der Waals surface area contributed by atoms with E-state index in [4.69, 9.17) is 0 Å². The molecule has 0 aromatic heterocycles. The molecule has 23 heavy (non-hydrogen) atoms. The summed E-state index contributed by atoms with van der Waals surface area (Å²) < 4.78 is 0. The van der Waals surface area contributed by atoms with E-state index in [0.717, 1.165) is 0 Å². The second-order valence-corrected chi connectivity index (χ2v) is 5.90. The Kier molecular flexibility index (Phi) is 9.09. The number of likely N-dealkylation sites (N-methyl/N-ethyl adjacent to an activating group) is 4. The van der Waals surface area contributed by atoms with Crippen molar-refractivity contribution in [2.75, 3.05) is 54.4 Å². The van der Waals surface area contributed by atoms with E-state index < -0.39 is 0 Å².